The summed E-state index contributed by atoms with van der Waals surface area (Å²) < 4.78 is 5.77. The van der Waals surface area contributed by atoms with Crippen LogP contribution in [0.25, 0.3) is 0 Å². The van der Waals surface area contributed by atoms with Crippen molar-refractivity contribution in [3.8, 4) is 17.2 Å². The van der Waals surface area contributed by atoms with Gasteiger partial charge < -0.3 is 25.6 Å². The summed E-state index contributed by atoms with van der Waals surface area (Å²) in [6.45, 7) is 5.75. The Hall–Kier alpha value is -4.40. The number of ether oxygens (including phenoxy) is 1. The summed E-state index contributed by atoms with van der Waals surface area (Å²) in [6.07, 6.45) is 1.33. The number of aromatic hydroxyl groups is 2. The van der Waals surface area contributed by atoms with E-state index >= 15 is 0 Å². The molecule has 0 saturated heterocycles. The van der Waals surface area contributed by atoms with Gasteiger partial charge in [-0.1, -0.05) is 12.1 Å². The number of phenols is 2. The second kappa shape index (κ2) is 8.67. The number of nitrogens with one attached hydrogen (secondary N) is 2. The first kappa shape index (κ1) is 24.7. The summed E-state index contributed by atoms with van der Waals surface area (Å²) >= 11 is 0. The molecule has 36 heavy (non-hydrogen) atoms. The van der Waals surface area contributed by atoms with Crippen molar-refractivity contribution in [2.24, 2.45) is 0 Å². The molecule has 9 nitrogen and oxygen atoms in total. The highest BCUT2D eigenvalue weighted by Gasteiger charge is 2.56. The molecule has 2 aromatic rings. The van der Waals surface area contributed by atoms with Crippen molar-refractivity contribution in [2.45, 2.75) is 39.5 Å². The Bertz CT molecular complexity index is 1430. The van der Waals surface area contributed by atoms with E-state index in [0.717, 1.165) is 5.56 Å². The summed E-state index contributed by atoms with van der Waals surface area (Å²) in [5.74, 6) is -2.87. The third-order valence-electron chi connectivity index (χ3n) is 6.66. The maximum Gasteiger partial charge on any atom is 0.224 e. The van der Waals surface area contributed by atoms with E-state index < -0.39 is 28.5 Å². The number of carbonyl (C=O) groups is 4. The maximum absolute atomic E-state index is 13.9. The van der Waals surface area contributed by atoms with E-state index in [1.807, 2.05) is 0 Å². The molecule has 1 aliphatic heterocycles. The normalized spacial score (nSPS) is 19.6. The number of ketones is 3. The summed E-state index contributed by atoms with van der Waals surface area (Å²) in [5.41, 5.74) is -0.235. The molecule has 4 rings (SSSR count). The molecule has 1 aliphatic carbocycles. The minimum absolute atomic E-state index is 0.0283. The smallest absolute Gasteiger partial charge is 0.224 e. The number of Topliss-reactive ketones (excluding diaryl/α,β-unsaturated/α-hetero) is 2. The molecule has 0 saturated carbocycles. The van der Waals surface area contributed by atoms with Crippen LogP contribution in [0.4, 0.5) is 5.69 Å². The van der Waals surface area contributed by atoms with Crippen LogP contribution >= 0.6 is 0 Å². The Morgan fingerprint density at radius 3 is 2.44 bits per heavy atom. The second-order valence-corrected chi connectivity index (χ2v) is 9.06. The Morgan fingerprint density at radius 2 is 1.81 bits per heavy atom. The van der Waals surface area contributed by atoms with Crippen LogP contribution in [0.1, 0.15) is 47.8 Å². The first-order valence-electron chi connectivity index (χ1n) is 11.3. The van der Waals surface area contributed by atoms with Crippen LogP contribution in [0.15, 0.2) is 47.4 Å². The number of likely N-dealkylation sites (N-methyl/N-ethyl adjacent to an activating group) is 1. The van der Waals surface area contributed by atoms with E-state index in [0.29, 0.717) is 5.69 Å². The Morgan fingerprint density at radius 1 is 1.11 bits per heavy atom. The Labute approximate surface area is 207 Å². The number of hydrogen-bond donors (Lipinski definition) is 4. The molecular formula is C27H26N2O7. The van der Waals surface area contributed by atoms with Gasteiger partial charge in [0.2, 0.25) is 5.91 Å². The lowest BCUT2D eigenvalue weighted by Crippen LogP contribution is -2.40. The SMILES string of the molecule is CNC(=O)Cc1cccc(N/C(C)=C2\C(=O)C=C3Oc4c(C(C)=O)c(O)c(C)c(O)c4[C@@]3(C)C2=O)c1. The molecule has 1 heterocycles. The van der Waals surface area contributed by atoms with Gasteiger partial charge in [0.05, 0.1) is 17.6 Å². The van der Waals surface area contributed by atoms with Crippen molar-refractivity contribution in [1.29, 1.82) is 0 Å². The number of rotatable bonds is 5. The monoisotopic (exact) mass is 490 g/mol. The third-order valence-corrected chi connectivity index (χ3v) is 6.66. The molecule has 2 aliphatic rings. The van der Waals surface area contributed by atoms with Crippen molar-refractivity contribution in [3.63, 3.8) is 0 Å². The summed E-state index contributed by atoms with van der Waals surface area (Å²) in [6, 6.07) is 7.02. The van der Waals surface area contributed by atoms with Crippen molar-refractivity contribution < 1.29 is 34.1 Å². The van der Waals surface area contributed by atoms with Crippen LogP contribution in [0, 0.1) is 6.92 Å². The van der Waals surface area contributed by atoms with Gasteiger partial charge in [-0.25, -0.2) is 0 Å². The Kier molecular flexibility index (Phi) is 5.95. The van der Waals surface area contributed by atoms with Crippen LogP contribution in [-0.2, 0) is 26.2 Å². The van der Waals surface area contributed by atoms with Gasteiger partial charge in [-0.3, -0.25) is 19.2 Å². The predicted octanol–water partition coefficient (Wildman–Crippen LogP) is 2.97. The van der Waals surface area contributed by atoms with E-state index in [9.17, 15) is 29.4 Å². The van der Waals surface area contributed by atoms with E-state index in [4.69, 9.17) is 4.74 Å². The average molecular weight is 491 g/mol. The van der Waals surface area contributed by atoms with Crippen LogP contribution in [-0.4, -0.2) is 40.5 Å². The second-order valence-electron chi connectivity index (χ2n) is 9.06. The number of carbonyl (C=O) groups excluding carboxylic acids is 4. The van der Waals surface area contributed by atoms with E-state index in [-0.39, 0.29) is 57.5 Å². The van der Waals surface area contributed by atoms with Crippen molar-refractivity contribution in [1.82, 2.24) is 5.32 Å². The largest absolute Gasteiger partial charge is 0.507 e. The van der Waals surface area contributed by atoms with E-state index in [1.165, 1.54) is 26.8 Å². The molecular weight excluding hydrogens is 464 g/mol. The zero-order valence-electron chi connectivity index (χ0n) is 20.5. The molecule has 9 heteroatoms. The standard InChI is InChI=1S/C27H26N2O7/c1-12-23(33)21(14(3)30)25-22(24(12)34)27(4)18(36-25)11-17(31)20(26(27)35)13(2)29-16-8-6-7-15(9-16)10-19(32)28-5/h6-9,11,29,33-34H,10H2,1-5H3,(H,28,32)/b20-13+/t27-/m0/s1. The molecule has 0 spiro atoms. The van der Waals surface area contributed by atoms with E-state index in [1.54, 1.807) is 38.2 Å². The van der Waals surface area contributed by atoms with Gasteiger partial charge in [-0.15, -0.1) is 0 Å². The summed E-state index contributed by atoms with van der Waals surface area (Å²) in [4.78, 5) is 50.9. The highest BCUT2D eigenvalue weighted by atomic mass is 16.5. The minimum atomic E-state index is -1.59. The predicted molar refractivity (Wildman–Crippen MR) is 131 cm³/mol. The fraction of sp³-hybridized carbons (Fsp3) is 0.259. The topological polar surface area (TPSA) is 142 Å². The first-order valence-corrected chi connectivity index (χ1v) is 11.3. The highest BCUT2D eigenvalue weighted by Crippen LogP contribution is 2.57. The fourth-order valence-electron chi connectivity index (χ4n) is 4.67. The van der Waals surface area contributed by atoms with E-state index in [2.05, 4.69) is 10.6 Å². The molecule has 0 radical (unpaired) electrons. The number of anilines is 1. The van der Waals surface area contributed by atoms with Crippen LogP contribution < -0.4 is 15.4 Å². The van der Waals surface area contributed by atoms with Gasteiger partial charge in [0.1, 0.15) is 34.0 Å². The molecule has 1 amide bonds. The maximum atomic E-state index is 13.9. The van der Waals surface area contributed by atoms with Gasteiger partial charge in [0.15, 0.2) is 17.3 Å². The number of amides is 1. The lowest BCUT2D eigenvalue weighted by atomic mass is 9.70. The number of allylic oxidation sites excluding steroid dienone is 4. The van der Waals surface area contributed by atoms with Crippen molar-refractivity contribution >= 4 is 28.9 Å². The zero-order valence-corrected chi connectivity index (χ0v) is 20.5. The fourth-order valence-corrected chi connectivity index (χ4v) is 4.67. The Balaban J connectivity index is 1.81. The van der Waals surface area contributed by atoms with Crippen molar-refractivity contribution in [3.05, 3.63) is 69.6 Å². The first-order chi connectivity index (χ1) is 16.9. The third kappa shape index (κ3) is 3.64. The molecule has 1 atom stereocenters. The lowest BCUT2D eigenvalue weighted by Gasteiger charge is -2.29. The zero-order chi connectivity index (χ0) is 26.5. The summed E-state index contributed by atoms with van der Waals surface area (Å²) in [7, 11) is 1.55. The number of benzene rings is 2. The molecule has 0 aromatic heterocycles. The number of phenolic OH excluding ortho intramolecular Hbond substituents is 2. The van der Waals surface area contributed by atoms with Crippen molar-refractivity contribution in [2.75, 3.05) is 12.4 Å². The number of hydrogen-bond acceptors (Lipinski definition) is 8. The average Bonchev–Trinajstić information content (AvgIpc) is 3.10. The molecule has 2 aromatic carbocycles. The number of fused-ring (bicyclic) bond motifs is 3. The minimum Gasteiger partial charge on any atom is -0.507 e. The molecule has 0 bridgehead atoms. The van der Waals surface area contributed by atoms with Gasteiger partial charge in [0.25, 0.3) is 0 Å². The van der Waals surface area contributed by atoms with Gasteiger partial charge in [-0.2, -0.15) is 0 Å². The summed E-state index contributed by atoms with van der Waals surface area (Å²) in [5, 5.41) is 27.0. The van der Waals surface area contributed by atoms with Gasteiger partial charge >= 0.3 is 0 Å². The van der Waals surface area contributed by atoms with Gasteiger partial charge in [-0.05, 0) is 45.4 Å². The molecule has 186 valence electrons. The molecule has 4 N–H and O–H groups in total. The van der Waals surface area contributed by atoms with Crippen LogP contribution in [0.3, 0.4) is 0 Å². The molecule has 0 unspecified atom stereocenters. The molecule has 0 fully saturated rings. The quantitative estimate of drug-likeness (QED) is 0.285. The van der Waals surface area contributed by atoms with Crippen LogP contribution in [0.2, 0.25) is 0 Å². The van der Waals surface area contributed by atoms with Crippen LogP contribution in [0.5, 0.6) is 17.2 Å². The highest BCUT2D eigenvalue weighted by molar-refractivity contribution is 6.31. The van der Waals surface area contributed by atoms with Gasteiger partial charge in [0, 0.05) is 30.1 Å². The lowest BCUT2D eigenvalue weighted by molar-refractivity contribution is -0.124.